The molecule has 3 rings (SSSR count). The first-order valence-electron chi connectivity index (χ1n) is 9.75. The van der Waals surface area contributed by atoms with Crippen molar-refractivity contribution in [2.45, 2.75) is 6.54 Å². The molecule has 0 fully saturated rings. The maximum Gasteiger partial charge on any atom is 0.275 e. The van der Waals surface area contributed by atoms with E-state index in [0.717, 1.165) is 0 Å². The number of ether oxygens (including phenoxy) is 1. The Morgan fingerprint density at radius 1 is 1.09 bits per heavy atom. The van der Waals surface area contributed by atoms with Gasteiger partial charge < -0.3 is 20.9 Å². The molecule has 174 valence electrons. The smallest absolute Gasteiger partial charge is 0.275 e. The number of amides is 1. The van der Waals surface area contributed by atoms with Gasteiger partial charge in [-0.25, -0.2) is 4.68 Å². The fraction of sp³-hybridized carbons (Fsp3) is 0.238. The number of aromatic nitrogens is 3. The highest BCUT2D eigenvalue weighted by molar-refractivity contribution is 6.41. The van der Waals surface area contributed by atoms with Crippen molar-refractivity contribution < 1.29 is 19.4 Å². The zero-order valence-corrected chi connectivity index (χ0v) is 19.5. The number of nitrogens with two attached hydrogens (primary N) is 1. The number of halogens is 3. The van der Waals surface area contributed by atoms with Gasteiger partial charge >= 0.3 is 0 Å². The number of anilines is 1. The van der Waals surface area contributed by atoms with E-state index in [2.05, 4.69) is 15.6 Å². The van der Waals surface area contributed by atoms with Crippen LogP contribution in [0.5, 0.6) is 0 Å². The Kier molecular flexibility index (Phi) is 8.65. The molecule has 0 saturated carbocycles. The number of carbonyl (C=O) groups is 2. The van der Waals surface area contributed by atoms with Gasteiger partial charge in [0.1, 0.15) is 0 Å². The van der Waals surface area contributed by atoms with Crippen LogP contribution in [0.2, 0.25) is 15.1 Å². The molecule has 4 N–H and O–H groups in total. The molecule has 0 saturated heterocycles. The van der Waals surface area contributed by atoms with Crippen LogP contribution in [0.1, 0.15) is 32.0 Å². The SMILES string of the molecule is Nc1c(C(=O)NCCOCCO)nnn1Cc1cc(Cl)c(C(=O)c2ccc(Cl)cc2)c(Cl)c1. The van der Waals surface area contributed by atoms with E-state index in [0.29, 0.717) is 16.1 Å². The molecule has 0 unspecified atom stereocenters. The second-order valence-electron chi connectivity index (χ2n) is 6.84. The van der Waals surface area contributed by atoms with E-state index in [1.807, 2.05) is 0 Å². The molecular weight excluding hydrogens is 493 g/mol. The number of carbonyl (C=O) groups excluding carboxylic acids is 2. The quantitative estimate of drug-likeness (QED) is 0.281. The molecule has 1 aromatic heterocycles. The van der Waals surface area contributed by atoms with Crippen LogP contribution in [0.15, 0.2) is 36.4 Å². The van der Waals surface area contributed by atoms with Gasteiger partial charge in [-0.3, -0.25) is 9.59 Å². The number of nitrogens with one attached hydrogen (secondary N) is 1. The summed E-state index contributed by atoms with van der Waals surface area (Å²) in [5.74, 6) is -0.793. The summed E-state index contributed by atoms with van der Waals surface area (Å²) in [5, 5.41) is 19.8. The van der Waals surface area contributed by atoms with Crippen molar-refractivity contribution >= 4 is 52.3 Å². The van der Waals surface area contributed by atoms with Crippen LogP contribution in [-0.4, -0.2) is 58.2 Å². The second kappa shape index (κ2) is 11.4. The van der Waals surface area contributed by atoms with Crippen LogP contribution in [0.3, 0.4) is 0 Å². The summed E-state index contributed by atoms with van der Waals surface area (Å²) in [6, 6.07) is 9.55. The number of aliphatic hydroxyl groups excluding tert-OH is 1. The highest BCUT2D eigenvalue weighted by Crippen LogP contribution is 2.30. The van der Waals surface area contributed by atoms with Crippen molar-refractivity contribution in [1.29, 1.82) is 0 Å². The Bertz CT molecular complexity index is 1130. The first-order chi connectivity index (χ1) is 15.8. The number of nitrogens with zero attached hydrogens (tertiary/aromatic N) is 3. The summed E-state index contributed by atoms with van der Waals surface area (Å²) in [6.07, 6.45) is 0. The van der Waals surface area contributed by atoms with E-state index in [9.17, 15) is 9.59 Å². The predicted molar refractivity (Wildman–Crippen MR) is 125 cm³/mol. The Morgan fingerprint density at radius 2 is 1.76 bits per heavy atom. The zero-order valence-electron chi connectivity index (χ0n) is 17.2. The third kappa shape index (κ3) is 6.21. The van der Waals surface area contributed by atoms with Crippen LogP contribution in [0.25, 0.3) is 0 Å². The Hall–Kier alpha value is -2.69. The van der Waals surface area contributed by atoms with E-state index in [4.69, 9.17) is 50.4 Å². The van der Waals surface area contributed by atoms with Crippen molar-refractivity contribution in [2.24, 2.45) is 0 Å². The van der Waals surface area contributed by atoms with Gasteiger partial charge in [0.05, 0.1) is 42.0 Å². The van der Waals surface area contributed by atoms with Gasteiger partial charge in [0.25, 0.3) is 5.91 Å². The Balaban J connectivity index is 1.72. The van der Waals surface area contributed by atoms with E-state index >= 15 is 0 Å². The molecule has 12 heteroatoms. The van der Waals surface area contributed by atoms with Crippen molar-refractivity contribution in [3.05, 3.63) is 73.9 Å². The summed E-state index contributed by atoms with van der Waals surface area (Å²) < 4.78 is 6.39. The monoisotopic (exact) mass is 511 g/mol. The average Bonchev–Trinajstić information content (AvgIpc) is 3.13. The highest BCUT2D eigenvalue weighted by atomic mass is 35.5. The molecule has 2 aromatic carbocycles. The molecule has 0 aliphatic rings. The highest BCUT2D eigenvalue weighted by Gasteiger charge is 2.20. The lowest BCUT2D eigenvalue weighted by atomic mass is 10.0. The summed E-state index contributed by atoms with van der Waals surface area (Å²) >= 11 is 18.6. The van der Waals surface area contributed by atoms with Gasteiger partial charge in [-0.2, -0.15) is 0 Å². The predicted octanol–water partition coefficient (Wildman–Crippen LogP) is 2.84. The van der Waals surface area contributed by atoms with Crippen LogP contribution < -0.4 is 11.1 Å². The van der Waals surface area contributed by atoms with Crippen molar-refractivity contribution in [2.75, 3.05) is 32.1 Å². The van der Waals surface area contributed by atoms with E-state index in [-0.39, 0.29) is 65.8 Å². The van der Waals surface area contributed by atoms with E-state index in [1.54, 1.807) is 36.4 Å². The van der Waals surface area contributed by atoms with Crippen molar-refractivity contribution in [1.82, 2.24) is 20.3 Å². The summed E-state index contributed by atoms with van der Waals surface area (Å²) in [6.45, 7) is 0.668. The summed E-state index contributed by atoms with van der Waals surface area (Å²) in [5.41, 5.74) is 7.16. The lowest BCUT2D eigenvalue weighted by Crippen LogP contribution is -2.28. The van der Waals surface area contributed by atoms with Crippen molar-refractivity contribution in [3.8, 4) is 0 Å². The molecule has 33 heavy (non-hydrogen) atoms. The summed E-state index contributed by atoms with van der Waals surface area (Å²) in [7, 11) is 0. The second-order valence-corrected chi connectivity index (χ2v) is 8.09. The van der Waals surface area contributed by atoms with Gasteiger partial charge in [-0.05, 0) is 42.0 Å². The Labute approximate surface area is 204 Å². The molecule has 3 aromatic rings. The number of aliphatic hydroxyl groups is 1. The molecule has 0 radical (unpaired) electrons. The minimum Gasteiger partial charge on any atom is -0.394 e. The Morgan fingerprint density at radius 3 is 2.39 bits per heavy atom. The van der Waals surface area contributed by atoms with Gasteiger partial charge in [-0.1, -0.05) is 40.0 Å². The third-order valence-electron chi connectivity index (χ3n) is 4.52. The number of hydrogen-bond donors (Lipinski definition) is 3. The van der Waals surface area contributed by atoms with Crippen LogP contribution in [-0.2, 0) is 11.3 Å². The maximum absolute atomic E-state index is 12.8. The van der Waals surface area contributed by atoms with Crippen LogP contribution in [0.4, 0.5) is 5.82 Å². The molecule has 0 bridgehead atoms. The molecule has 1 amide bonds. The minimum atomic E-state index is -0.508. The first kappa shape index (κ1) is 24.9. The number of benzene rings is 2. The van der Waals surface area contributed by atoms with E-state index < -0.39 is 5.91 Å². The van der Waals surface area contributed by atoms with Crippen molar-refractivity contribution in [3.63, 3.8) is 0 Å². The molecule has 9 nitrogen and oxygen atoms in total. The molecule has 1 heterocycles. The number of ketones is 1. The number of hydrogen-bond acceptors (Lipinski definition) is 7. The van der Waals surface area contributed by atoms with Gasteiger partial charge in [-0.15, -0.1) is 5.10 Å². The van der Waals surface area contributed by atoms with Gasteiger partial charge in [0.15, 0.2) is 17.3 Å². The molecule has 0 spiro atoms. The average molecular weight is 513 g/mol. The number of rotatable bonds is 10. The molecule has 0 aliphatic heterocycles. The lowest BCUT2D eigenvalue weighted by molar-refractivity contribution is 0.0835. The van der Waals surface area contributed by atoms with Crippen LogP contribution in [0, 0.1) is 0 Å². The first-order valence-corrected chi connectivity index (χ1v) is 10.9. The maximum atomic E-state index is 12.8. The topological polar surface area (TPSA) is 132 Å². The third-order valence-corrected chi connectivity index (χ3v) is 5.37. The summed E-state index contributed by atoms with van der Waals surface area (Å²) in [4.78, 5) is 25.1. The fourth-order valence-electron chi connectivity index (χ4n) is 2.94. The molecule has 0 atom stereocenters. The van der Waals surface area contributed by atoms with Gasteiger partial charge in [0.2, 0.25) is 0 Å². The zero-order chi connectivity index (χ0) is 24.0. The standard InChI is InChI=1S/C21H20Cl3N5O4/c22-14-3-1-13(2-4-14)19(31)17-15(23)9-12(10-16(17)24)11-29-20(25)18(27-28-29)21(32)26-5-7-33-8-6-30/h1-4,9-10,30H,5-8,11,25H2,(H,26,32). The molecule has 0 aliphatic carbocycles. The van der Waals surface area contributed by atoms with Gasteiger partial charge in [0, 0.05) is 17.1 Å². The van der Waals surface area contributed by atoms with Crippen LogP contribution >= 0.6 is 34.8 Å². The lowest BCUT2D eigenvalue weighted by Gasteiger charge is -2.10. The normalized spacial score (nSPS) is 10.9. The molecular formula is C21H20Cl3N5O4. The number of nitrogen functional groups attached to an aromatic ring is 1. The fourth-order valence-corrected chi connectivity index (χ4v) is 3.77. The largest absolute Gasteiger partial charge is 0.394 e. The van der Waals surface area contributed by atoms with E-state index in [1.165, 1.54) is 4.68 Å². The minimum absolute atomic E-state index is 0.0381.